The van der Waals surface area contributed by atoms with Crippen LogP contribution in [0.5, 0.6) is 5.75 Å². The normalized spacial score (nSPS) is 11.8. The molecule has 0 aliphatic heterocycles. The summed E-state index contributed by atoms with van der Waals surface area (Å²) < 4.78 is 37.8. The van der Waals surface area contributed by atoms with Crippen molar-refractivity contribution in [1.29, 1.82) is 0 Å². The Balaban J connectivity index is 3.20. The number of carbonyl (C=O) groups is 2. The predicted molar refractivity (Wildman–Crippen MR) is 90.2 cm³/mol. The molecule has 0 saturated carbocycles. The summed E-state index contributed by atoms with van der Waals surface area (Å²) in [6.07, 6.45) is -0.0863. The number of hydrogen-bond acceptors (Lipinski definition) is 6. The minimum atomic E-state index is -4.06. The fourth-order valence-electron chi connectivity index (χ4n) is 2.12. The van der Waals surface area contributed by atoms with Crippen LogP contribution in [0.1, 0.15) is 44.0 Å². The summed E-state index contributed by atoms with van der Waals surface area (Å²) in [6.45, 7) is 4.96. The third-order valence-corrected chi connectivity index (χ3v) is 5.06. The first kappa shape index (κ1) is 20.9. The van der Waals surface area contributed by atoms with Gasteiger partial charge in [-0.2, -0.15) is 0 Å². The molecular formula is C16H23NO7S. The third-order valence-electron chi connectivity index (χ3n) is 3.34. The van der Waals surface area contributed by atoms with E-state index in [1.165, 1.54) is 25.3 Å². The number of aliphatic carboxylic acids is 1. The van der Waals surface area contributed by atoms with Crippen molar-refractivity contribution in [3.8, 4) is 5.75 Å². The van der Waals surface area contributed by atoms with E-state index in [1.807, 2.05) is 0 Å². The van der Waals surface area contributed by atoms with Gasteiger partial charge in [0.05, 0.1) is 19.3 Å². The number of sulfonamides is 1. The highest BCUT2D eigenvalue weighted by molar-refractivity contribution is 7.89. The lowest BCUT2D eigenvalue weighted by atomic mass is 10.0. The molecule has 0 atom stereocenters. The standard InChI is InChI=1S/C16H23NO7S/c1-5-24-15(20)11-6-7-12(23-4)13(10-11)25(21,22)17-16(2,3)9-8-14(18)19/h6-7,10,17H,5,8-9H2,1-4H3,(H,18,19). The topological polar surface area (TPSA) is 119 Å². The lowest BCUT2D eigenvalue weighted by molar-refractivity contribution is -0.137. The molecule has 0 amide bonds. The molecule has 140 valence electrons. The largest absolute Gasteiger partial charge is 0.495 e. The molecule has 0 aliphatic rings. The minimum Gasteiger partial charge on any atom is -0.495 e. The van der Waals surface area contributed by atoms with E-state index in [2.05, 4.69) is 4.72 Å². The summed E-state index contributed by atoms with van der Waals surface area (Å²) in [5, 5.41) is 8.77. The van der Waals surface area contributed by atoms with E-state index in [0.29, 0.717) is 0 Å². The van der Waals surface area contributed by atoms with Gasteiger partial charge in [-0.25, -0.2) is 17.9 Å². The van der Waals surface area contributed by atoms with Crippen LogP contribution in [0.2, 0.25) is 0 Å². The molecule has 0 saturated heterocycles. The molecule has 0 aliphatic carbocycles. The van der Waals surface area contributed by atoms with Crippen LogP contribution in [0, 0.1) is 0 Å². The van der Waals surface area contributed by atoms with Gasteiger partial charge in [0.15, 0.2) is 0 Å². The number of carbonyl (C=O) groups excluding carboxylic acids is 1. The maximum atomic E-state index is 12.7. The van der Waals surface area contributed by atoms with E-state index in [-0.39, 0.29) is 35.7 Å². The molecule has 0 aromatic heterocycles. The van der Waals surface area contributed by atoms with Crippen molar-refractivity contribution in [3.63, 3.8) is 0 Å². The second-order valence-electron chi connectivity index (χ2n) is 5.97. The van der Waals surface area contributed by atoms with Gasteiger partial charge in [-0.15, -0.1) is 0 Å². The molecule has 0 heterocycles. The van der Waals surface area contributed by atoms with E-state index < -0.39 is 27.5 Å². The summed E-state index contributed by atoms with van der Waals surface area (Å²) in [4.78, 5) is 22.3. The fraction of sp³-hybridized carbons (Fsp3) is 0.500. The molecule has 1 aromatic carbocycles. The zero-order chi connectivity index (χ0) is 19.3. The first-order chi connectivity index (χ1) is 11.5. The number of carboxylic acids is 1. The molecule has 0 radical (unpaired) electrons. The van der Waals surface area contributed by atoms with Gasteiger partial charge in [0.2, 0.25) is 10.0 Å². The smallest absolute Gasteiger partial charge is 0.338 e. The average Bonchev–Trinajstić information content (AvgIpc) is 2.51. The Morgan fingerprint density at radius 3 is 2.44 bits per heavy atom. The fourth-order valence-corrected chi connectivity index (χ4v) is 3.76. The first-order valence-electron chi connectivity index (χ1n) is 7.63. The number of esters is 1. The number of ether oxygens (including phenoxy) is 2. The summed E-state index contributed by atoms with van der Waals surface area (Å²) in [6, 6.07) is 3.95. The zero-order valence-corrected chi connectivity index (χ0v) is 15.5. The zero-order valence-electron chi connectivity index (χ0n) is 14.7. The van der Waals surface area contributed by atoms with Crippen LogP contribution in [-0.2, 0) is 19.6 Å². The predicted octanol–water partition coefficient (Wildman–Crippen LogP) is 1.79. The monoisotopic (exact) mass is 373 g/mol. The van der Waals surface area contributed by atoms with Crippen molar-refractivity contribution in [3.05, 3.63) is 23.8 Å². The lowest BCUT2D eigenvalue weighted by Gasteiger charge is -2.25. The number of carboxylic acid groups (broad SMARTS) is 1. The van der Waals surface area contributed by atoms with Gasteiger partial charge in [0.25, 0.3) is 0 Å². The summed E-state index contributed by atoms with van der Waals surface area (Å²) in [7, 11) is -2.74. The second kappa shape index (κ2) is 8.30. The van der Waals surface area contributed by atoms with Gasteiger partial charge in [0.1, 0.15) is 10.6 Å². The Bertz CT molecular complexity index is 741. The van der Waals surface area contributed by atoms with Crippen LogP contribution >= 0.6 is 0 Å². The highest BCUT2D eigenvalue weighted by Crippen LogP contribution is 2.27. The minimum absolute atomic E-state index is 0.0644. The highest BCUT2D eigenvalue weighted by atomic mass is 32.2. The van der Waals surface area contributed by atoms with E-state index in [1.54, 1.807) is 20.8 Å². The van der Waals surface area contributed by atoms with Gasteiger partial charge in [-0.3, -0.25) is 4.79 Å². The molecule has 25 heavy (non-hydrogen) atoms. The Morgan fingerprint density at radius 1 is 1.28 bits per heavy atom. The van der Waals surface area contributed by atoms with Crippen molar-refractivity contribution in [2.45, 2.75) is 44.0 Å². The Morgan fingerprint density at radius 2 is 1.92 bits per heavy atom. The highest BCUT2D eigenvalue weighted by Gasteiger charge is 2.29. The van der Waals surface area contributed by atoms with Crippen LogP contribution in [0.4, 0.5) is 0 Å². The lowest BCUT2D eigenvalue weighted by Crippen LogP contribution is -2.43. The molecule has 0 spiro atoms. The number of rotatable bonds is 9. The third kappa shape index (κ3) is 6.02. The maximum absolute atomic E-state index is 12.7. The van der Waals surface area contributed by atoms with Gasteiger partial charge < -0.3 is 14.6 Å². The summed E-state index contributed by atoms with van der Waals surface area (Å²) in [5.41, 5.74) is -0.923. The summed E-state index contributed by atoms with van der Waals surface area (Å²) >= 11 is 0. The van der Waals surface area contributed by atoms with Crippen LogP contribution in [0.15, 0.2) is 23.1 Å². The maximum Gasteiger partial charge on any atom is 0.338 e. The molecule has 9 heteroatoms. The molecule has 0 bridgehead atoms. The second-order valence-corrected chi connectivity index (χ2v) is 7.62. The Labute approximate surface area is 147 Å². The van der Waals surface area contributed by atoms with Gasteiger partial charge in [-0.1, -0.05) is 0 Å². The van der Waals surface area contributed by atoms with E-state index in [9.17, 15) is 18.0 Å². The van der Waals surface area contributed by atoms with Crippen molar-refractivity contribution >= 4 is 22.0 Å². The van der Waals surface area contributed by atoms with Crippen molar-refractivity contribution < 1.29 is 32.6 Å². The van der Waals surface area contributed by atoms with Crippen molar-refractivity contribution in [1.82, 2.24) is 4.72 Å². The number of nitrogens with one attached hydrogen (secondary N) is 1. The molecule has 2 N–H and O–H groups in total. The number of hydrogen-bond donors (Lipinski definition) is 2. The van der Waals surface area contributed by atoms with E-state index in [0.717, 1.165) is 0 Å². The number of benzene rings is 1. The van der Waals surface area contributed by atoms with Gasteiger partial charge in [0, 0.05) is 12.0 Å². The quantitative estimate of drug-likeness (QED) is 0.633. The van der Waals surface area contributed by atoms with E-state index in [4.69, 9.17) is 14.6 Å². The van der Waals surface area contributed by atoms with Crippen LogP contribution in [-0.4, -0.2) is 44.7 Å². The first-order valence-corrected chi connectivity index (χ1v) is 9.11. The summed E-state index contributed by atoms with van der Waals surface area (Å²) in [5.74, 6) is -1.60. The van der Waals surface area contributed by atoms with Crippen LogP contribution in [0.25, 0.3) is 0 Å². The van der Waals surface area contributed by atoms with Crippen molar-refractivity contribution in [2.75, 3.05) is 13.7 Å². The van der Waals surface area contributed by atoms with E-state index >= 15 is 0 Å². The molecule has 1 aromatic rings. The Kier molecular flexibility index (Phi) is 6.95. The molecule has 8 nitrogen and oxygen atoms in total. The van der Waals surface area contributed by atoms with Gasteiger partial charge in [-0.05, 0) is 45.4 Å². The van der Waals surface area contributed by atoms with Crippen LogP contribution < -0.4 is 9.46 Å². The van der Waals surface area contributed by atoms with Gasteiger partial charge >= 0.3 is 11.9 Å². The molecule has 1 rings (SSSR count). The van der Waals surface area contributed by atoms with Crippen LogP contribution in [0.3, 0.4) is 0 Å². The average molecular weight is 373 g/mol. The SMILES string of the molecule is CCOC(=O)c1ccc(OC)c(S(=O)(=O)NC(C)(C)CCC(=O)O)c1. The molecular weight excluding hydrogens is 350 g/mol. The Hall–Kier alpha value is -2.13. The molecule has 0 fully saturated rings. The number of methoxy groups -OCH3 is 1. The molecule has 0 unspecified atom stereocenters. The van der Waals surface area contributed by atoms with Crippen molar-refractivity contribution in [2.24, 2.45) is 0 Å².